The number of hydrogen-bond donors (Lipinski definition) is 0. The first kappa shape index (κ1) is 14.7. The molecule has 0 radical (unpaired) electrons. The number of ketones is 2. The SMILES string of the molecule is CCCc1ccc(CCC)c2c1C(=O)c1ccccc1C2=O. The maximum atomic E-state index is 13.0. The molecule has 2 aromatic carbocycles. The van der Waals surface area contributed by atoms with Crippen LogP contribution < -0.4 is 0 Å². The molecule has 2 aromatic rings. The molecule has 0 fully saturated rings. The van der Waals surface area contributed by atoms with E-state index in [0.29, 0.717) is 22.3 Å². The summed E-state index contributed by atoms with van der Waals surface area (Å²) >= 11 is 0. The summed E-state index contributed by atoms with van der Waals surface area (Å²) < 4.78 is 0. The van der Waals surface area contributed by atoms with E-state index in [4.69, 9.17) is 0 Å². The molecular formula is C20H20O2. The largest absolute Gasteiger partial charge is 0.289 e. The second kappa shape index (κ2) is 5.88. The summed E-state index contributed by atoms with van der Waals surface area (Å²) in [4.78, 5) is 25.9. The van der Waals surface area contributed by atoms with Gasteiger partial charge in [-0.2, -0.15) is 0 Å². The Morgan fingerprint density at radius 2 is 1.09 bits per heavy atom. The Labute approximate surface area is 131 Å². The Kier molecular flexibility index (Phi) is 3.93. The van der Waals surface area contributed by atoms with E-state index in [2.05, 4.69) is 13.8 Å². The average Bonchev–Trinajstić information content (AvgIpc) is 2.54. The summed E-state index contributed by atoms with van der Waals surface area (Å²) in [6.45, 7) is 4.19. The third-order valence-electron chi connectivity index (χ3n) is 4.29. The van der Waals surface area contributed by atoms with Gasteiger partial charge in [0.1, 0.15) is 0 Å². The number of carbonyl (C=O) groups is 2. The molecule has 0 aromatic heterocycles. The van der Waals surface area contributed by atoms with Gasteiger partial charge in [0, 0.05) is 22.3 Å². The highest BCUT2D eigenvalue weighted by atomic mass is 16.1. The van der Waals surface area contributed by atoms with Crippen LogP contribution in [-0.4, -0.2) is 11.6 Å². The molecule has 1 aliphatic carbocycles. The van der Waals surface area contributed by atoms with E-state index in [1.165, 1.54) is 0 Å². The Hall–Kier alpha value is -2.22. The van der Waals surface area contributed by atoms with Crippen molar-refractivity contribution >= 4 is 11.6 Å². The first-order chi connectivity index (χ1) is 10.7. The smallest absolute Gasteiger partial charge is 0.194 e. The Bertz CT molecular complexity index is 692. The van der Waals surface area contributed by atoms with Gasteiger partial charge in [0.25, 0.3) is 0 Å². The number of carbonyl (C=O) groups excluding carboxylic acids is 2. The summed E-state index contributed by atoms with van der Waals surface area (Å²) in [7, 11) is 0. The molecule has 0 saturated carbocycles. The van der Waals surface area contributed by atoms with Crippen molar-refractivity contribution in [2.45, 2.75) is 39.5 Å². The number of rotatable bonds is 4. The van der Waals surface area contributed by atoms with Crippen molar-refractivity contribution in [1.82, 2.24) is 0 Å². The van der Waals surface area contributed by atoms with Gasteiger partial charge in [-0.1, -0.05) is 63.1 Å². The minimum Gasteiger partial charge on any atom is -0.289 e. The molecule has 112 valence electrons. The topological polar surface area (TPSA) is 34.1 Å². The predicted octanol–water partition coefficient (Wildman–Crippen LogP) is 4.37. The van der Waals surface area contributed by atoms with Gasteiger partial charge in [0.15, 0.2) is 11.6 Å². The van der Waals surface area contributed by atoms with E-state index in [0.717, 1.165) is 36.8 Å². The van der Waals surface area contributed by atoms with Crippen LogP contribution in [0.25, 0.3) is 0 Å². The van der Waals surface area contributed by atoms with Gasteiger partial charge in [-0.3, -0.25) is 9.59 Å². The van der Waals surface area contributed by atoms with Crippen LogP contribution in [0.15, 0.2) is 36.4 Å². The zero-order valence-corrected chi connectivity index (χ0v) is 13.1. The van der Waals surface area contributed by atoms with Gasteiger partial charge in [-0.15, -0.1) is 0 Å². The monoisotopic (exact) mass is 292 g/mol. The summed E-state index contributed by atoms with van der Waals surface area (Å²) in [5.41, 5.74) is 4.40. The zero-order chi connectivity index (χ0) is 15.7. The molecule has 0 unspecified atom stereocenters. The minimum absolute atomic E-state index is 0.00611. The Morgan fingerprint density at radius 3 is 1.45 bits per heavy atom. The lowest BCUT2D eigenvalue weighted by Crippen LogP contribution is -2.24. The van der Waals surface area contributed by atoms with Gasteiger partial charge in [0.05, 0.1) is 0 Å². The molecule has 22 heavy (non-hydrogen) atoms. The van der Waals surface area contributed by atoms with Crippen molar-refractivity contribution < 1.29 is 9.59 Å². The quantitative estimate of drug-likeness (QED) is 0.715. The molecule has 0 heterocycles. The summed E-state index contributed by atoms with van der Waals surface area (Å²) in [5.74, 6) is 0.0122. The fourth-order valence-corrected chi connectivity index (χ4v) is 3.31. The number of benzene rings is 2. The van der Waals surface area contributed by atoms with Crippen molar-refractivity contribution in [3.63, 3.8) is 0 Å². The van der Waals surface area contributed by atoms with Crippen LogP contribution in [0.3, 0.4) is 0 Å². The van der Waals surface area contributed by atoms with E-state index < -0.39 is 0 Å². The van der Waals surface area contributed by atoms with Gasteiger partial charge in [-0.25, -0.2) is 0 Å². The van der Waals surface area contributed by atoms with Gasteiger partial charge >= 0.3 is 0 Å². The molecule has 0 N–H and O–H groups in total. The fourth-order valence-electron chi connectivity index (χ4n) is 3.31. The van der Waals surface area contributed by atoms with Crippen LogP contribution in [-0.2, 0) is 12.8 Å². The average molecular weight is 292 g/mol. The van der Waals surface area contributed by atoms with Gasteiger partial charge in [0.2, 0.25) is 0 Å². The molecule has 0 atom stereocenters. The normalized spacial score (nSPS) is 13.0. The summed E-state index contributed by atoms with van der Waals surface area (Å²) in [5, 5.41) is 0. The van der Waals surface area contributed by atoms with Crippen molar-refractivity contribution in [2.75, 3.05) is 0 Å². The van der Waals surface area contributed by atoms with E-state index in [1.54, 1.807) is 12.1 Å². The van der Waals surface area contributed by atoms with E-state index in [-0.39, 0.29) is 11.6 Å². The lowest BCUT2D eigenvalue weighted by Gasteiger charge is -2.22. The van der Waals surface area contributed by atoms with Crippen LogP contribution in [0, 0.1) is 0 Å². The maximum absolute atomic E-state index is 13.0. The van der Waals surface area contributed by atoms with E-state index >= 15 is 0 Å². The van der Waals surface area contributed by atoms with Crippen LogP contribution in [0.2, 0.25) is 0 Å². The van der Waals surface area contributed by atoms with E-state index in [9.17, 15) is 9.59 Å². The van der Waals surface area contributed by atoms with Crippen molar-refractivity contribution in [3.05, 3.63) is 69.8 Å². The molecular weight excluding hydrogens is 272 g/mol. The zero-order valence-electron chi connectivity index (χ0n) is 13.1. The van der Waals surface area contributed by atoms with Gasteiger partial charge in [-0.05, 0) is 24.0 Å². The Balaban J connectivity index is 2.29. The molecule has 0 aliphatic heterocycles. The maximum Gasteiger partial charge on any atom is 0.194 e. The lowest BCUT2D eigenvalue weighted by atomic mass is 9.78. The first-order valence-electron chi connectivity index (χ1n) is 8.02. The molecule has 0 spiro atoms. The Morgan fingerprint density at radius 1 is 0.682 bits per heavy atom. The molecule has 0 saturated heterocycles. The standard InChI is InChI=1S/C20H20O2/c1-3-7-13-11-12-14(8-4-2)18-17(13)19(21)15-9-5-6-10-16(15)20(18)22/h5-6,9-12H,3-4,7-8H2,1-2H3. The molecule has 0 bridgehead atoms. The second-order valence-corrected chi connectivity index (χ2v) is 5.84. The number of aryl methyl sites for hydroxylation is 2. The highest BCUT2D eigenvalue weighted by molar-refractivity contribution is 6.29. The third kappa shape index (κ3) is 2.19. The predicted molar refractivity (Wildman–Crippen MR) is 87.7 cm³/mol. The van der Waals surface area contributed by atoms with Crippen LogP contribution >= 0.6 is 0 Å². The summed E-state index contributed by atoms with van der Waals surface area (Å²) in [6, 6.07) is 11.2. The van der Waals surface area contributed by atoms with Gasteiger partial charge < -0.3 is 0 Å². The number of hydrogen-bond acceptors (Lipinski definition) is 2. The van der Waals surface area contributed by atoms with Crippen molar-refractivity contribution in [3.8, 4) is 0 Å². The minimum atomic E-state index is 0.00611. The fraction of sp³-hybridized carbons (Fsp3) is 0.300. The van der Waals surface area contributed by atoms with Crippen LogP contribution in [0.1, 0.15) is 69.7 Å². The van der Waals surface area contributed by atoms with Crippen LogP contribution in [0.5, 0.6) is 0 Å². The number of fused-ring (bicyclic) bond motifs is 2. The first-order valence-corrected chi connectivity index (χ1v) is 8.02. The highest BCUT2D eigenvalue weighted by Gasteiger charge is 2.32. The molecule has 2 heteroatoms. The van der Waals surface area contributed by atoms with E-state index in [1.807, 2.05) is 24.3 Å². The highest BCUT2D eigenvalue weighted by Crippen LogP contribution is 2.32. The molecule has 1 aliphatic rings. The molecule has 3 rings (SSSR count). The molecule has 0 amide bonds. The van der Waals surface area contributed by atoms with Crippen molar-refractivity contribution in [1.29, 1.82) is 0 Å². The van der Waals surface area contributed by atoms with Crippen LogP contribution in [0.4, 0.5) is 0 Å². The second-order valence-electron chi connectivity index (χ2n) is 5.84. The third-order valence-corrected chi connectivity index (χ3v) is 4.29. The molecule has 2 nitrogen and oxygen atoms in total. The lowest BCUT2D eigenvalue weighted by molar-refractivity contribution is 0.0977. The van der Waals surface area contributed by atoms with Crippen molar-refractivity contribution in [2.24, 2.45) is 0 Å². The summed E-state index contributed by atoms with van der Waals surface area (Å²) in [6.07, 6.45) is 3.58.